The summed E-state index contributed by atoms with van der Waals surface area (Å²) in [6.07, 6.45) is 0. The van der Waals surface area contributed by atoms with E-state index < -0.39 is 16.5 Å². The molecule has 2 nitrogen and oxygen atoms in total. The fourth-order valence-corrected chi connectivity index (χ4v) is 0. The molecule has 5 heteroatoms. The summed E-state index contributed by atoms with van der Waals surface area (Å²) in [5.74, 6) is 0. The molecule has 0 bridgehead atoms. The molecule has 0 aromatic rings. The molecule has 0 radical (unpaired) electrons. The molecule has 0 unspecified atom stereocenters. The van der Waals surface area contributed by atoms with Crippen LogP contribution in [0.2, 0.25) is 0 Å². The molecule has 0 saturated carbocycles. The van der Waals surface area contributed by atoms with Crippen LogP contribution < -0.4 is 0 Å². The van der Waals surface area contributed by atoms with Crippen molar-refractivity contribution in [3.63, 3.8) is 0 Å². The minimum atomic E-state index is -0.472. The third kappa shape index (κ3) is 40.4. The van der Waals surface area contributed by atoms with Crippen LogP contribution in [-0.2, 0) is 16.5 Å². The van der Waals surface area contributed by atoms with E-state index in [1.54, 1.807) is 0 Å². The van der Waals surface area contributed by atoms with Crippen molar-refractivity contribution in [3.8, 4) is 0 Å². The van der Waals surface area contributed by atoms with Crippen LogP contribution in [0.4, 0.5) is 0 Å². The van der Waals surface area contributed by atoms with Gasteiger partial charge in [-0.1, -0.05) is 0 Å². The molecule has 7 heavy (non-hydrogen) atoms. The molecular formula is C2H6Cl2N2Pt-2. The van der Waals surface area contributed by atoms with Gasteiger partial charge in [-0.15, -0.1) is 0 Å². The largest absolute Gasteiger partial charge is 0.679 e. The first-order valence-electron chi connectivity index (χ1n) is 1.45. The standard InChI is InChI=1S/C2H6N2.2ClH.Pt/c3-1-2-4;;;/h3-4H,1-2H2;2*1H;/q-2;;;+2/p-2. The van der Waals surface area contributed by atoms with Crippen LogP contribution in [0.1, 0.15) is 0 Å². The Kier molecular flexibility index (Phi) is 24.8. The summed E-state index contributed by atoms with van der Waals surface area (Å²) < 4.78 is 0. The van der Waals surface area contributed by atoms with Gasteiger partial charge in [0.2, 0.25) is 0 Å². The summed E-state index contributed by atoms with van der Waals surface area (Å²) in [7, 11) is 9.75. The Morgan fingerprint density at radius 2 is 1.29 bits per heavy atom. The first kappa shape index (κ1) is 11.0. The molecule has 0 aliphatic rings. The van der Waals surface area contributed by atoms with E-state index >= 15 is 0 Å². The zero-order chi connectivity index (χ0) is 6.12. The summed E-state index contributed by atoms with van der Waals surface area (Å²) >= 11 is -0.472. The normalized spacial score (nSPS) is 7.43. The number of hydrogen-bond donors (Lipinski definition) is 0. The van der Waals surface area contributed by atoms with Crippen molar-refractivity contribution in [2.75, 3.05) is 13.1 Å². The van der Waals surface area contributed by atoms with E-state index in [1.165, 1.54) is 0 Å². The second-order valence-corrected chi connectivity index (χ2v) is 3.83. The van der Waals surface area contributed by atoms with Gasteiger partial charge >= 0.3 is 35.3 Å². The van der Waals surface area contributed by atoms with Gasteiger partial charge in [-0.05, 0) is 0 Å². The van der Waals surface area contributed by atoms with Crippen molar-refractivity contribution in [1.82, 2.24) is 0 Å². The summed E-state index contributed by atoms with van der Waals surface area (Å²) in [6, 6.07) is 0. The Hall–Kier alpha value is 1.19. The quantitative estimate of drug-likeness (QED) is 0.711. The van der Waals surface area contributed by atoms with E-state index in [0.717, 1.165) is 0 Å². The van der Waals surface area contributed by atoms with Gasteiger partial charge in [0.25, 0.3) is 0 Å². The maximum absolute atomic E-state index is 6.26. The fourth-order valence-electron chi connectivity index (χ4n) is 0. The third-order valence-corrected chi connectivity index (χ3v) is 0.125. The van der Waals surface area contributed by atoms with Crippen molar-refractivity contribution in [2.24, 2.45) is 0 Å². The molecular weight excluding hydrogens is 318 g/mol. The van der Waals surface area contributed by atoms with Crippen molar-refractivity contribution >= 4 is 18.8 Å². The smallest absolute Gasteiger partial charge is 0.171 e. The maximum atomic E-state index is 6.26. The minimum Gasteiger partial charge on any atom is -0.679 e. The van der Waals surface area contributed by atoms with Crippen molar-refractivity contribution in [1.29, 1.82) is 0 Å². The van der Waals surface area contributed by atoms with Crippen molar-refractivity contribution in [3.05, 3.63) is 11.5 Å². The van der Waals surface area contributed by atoms with Gasteiger partial charge in [0.1, 0.15) is 0 Å². The minimum absolute atomic E-state index is 0.236. The molecule has 0 saturated heterocycles. The Morgan fingerprint density at radius 3 is 1.29 bits per heavy atom. The molecule has 0 amide bonds. The van der Waals surface area contributed by atoms with E-state index in [0.29, 0.717) is 0 Å². The van der Waals surface area contributed by atoms with Gasteiger partial charge in [-0.25, -0.2) is 0 Å². The molecule has 0 heterocycles. The summed E-state index contributed by atoms with van der Waals surface area (Å²) in [5, 5.41) is 0. The monoisotopic (exact) mass is 323 g/mol. The average Bonchev–Trinajstić information content (AvgIpc) is 1.69. The Balaban J connectivity index is 0. The predicted molar refractivity (Wildman–Crippen MR) is 30.1 cm³/mol. The van der Waals surface area contributed by atoms with E-state index in [-0.39, 0.29) is 13.1 Å². The number of hydrogen-bond acceptors (Lipinski definition) is 0. The topological polar surface area (TPSA) is 47.6 Å². The first-order valence-corrected chi connectivity index (χ1v) is 7.08. The van der Waals surface area contributed by atoms with Crippen LogP contribution in [0.25, 0.3) is 11.5 Å². The van der Waals surface area contributed by atoms with Crippen molar-refractivity contribution < 1.29 is 16.5 Å². The predicted octanol–water partition coefficient (Wildman–Crippen LogP) is 2.47. The second kappa shape index (κ2) is 15.7. The number of halogens is 2. The Morgan fingerprint density at radius 1 is 1.14 bits per heavy atom. The molecule has 0 aromatic carbocycles. The van der Waals surface area contributed by atoms with Crippen LogP contribution in [0.3, 0.4) is 0 Å². The van der Waals surface area contributed by atoms with E-state index in [1.807, 2.05) is 0 Å². The molecule has 0 spiro atoms. The van der Waals surface area contributed by atoms with Gasteiger partial charge in [0, 0.05) is 0 Å². The van der Waals surface area contributed by atoms with E-state index in [2.05, 4.69) is 0 Å². The molecule has 2 N–H and O–H groups in total. The average molecular weight is 324 g/mol. The summed E-state index contributed by atoms with van der Waals surface area (Å²) in [4.78, 5) is 0. The zero-order valence-corrected chi connectivity index (χ0v) is 7.27. The SMILES string of the molecule is [Cl][Pt][Cl].[NH-]CC[NH-]. The van der Waals surface area contributed by atoms with Crippen LogP contribution >= 0.6 is 18.8 Å². The molecule has 0 fully saturated rings. The fraction of sp³-hybridized carbons (Fsp3) is 1.00. The van der Waals surface area contributed by atoms with E-state index in [9.17, 15) is 0 Å². The summed E-state index contributed by atoms with van der Waals surface area (Å²) in [6.45, 7) is 0.472. The van der Waals surface area contributed by atoms with Crippen LogP contribution in [-0.4, -0.2) is 13.1 Å². The molecule has 0 atom stereocenters. The second-order valence-electron chi connectivity index (χ2n) is 0.545. The maximum Gasteiger partial charge on any atom is -0.171 e. The summed E-state index contributed by atoms with van der Waals surface area (Å²) in [5.41, 5.74) is 12.5. The van der Waals surface area contributed by atoms with Crippen molar-refractivity contribution in [2.45, 2.75) is 0 Å². The zero-order valence-electron chi connectivity index (χ0n) is 3.49. The van der Waals surface area contributed by atoms with Gasteiger partial charge in [0.15, 0.2) is 0 Å². The van der Waals surface area contributed by atoms with E-state index in [4.69, 9.17) is 30.3 Å². The molecule has 0 rings (SSSR count). The van der Waals surface area contributed by atoms with Gasteiger partial charge in [-0.3, -0.25) is 0 Å². The van der Waals surface area contributed by atoms with Crippen LogP contribution in [0, 0.1) is 0 Å². The molecule has 0 aliphatic carbocycles. The van der Waals surface area contributed by atoms with Crippen LogP contribution in [0.5, 0.6) is 0 Å². The van der Waals surface area contributed by atoms with Gasteiger partial charge in [-0.2, -0.15) is 13.1 Å². The molecule has 0 aromatic heterocycles. The van der Waals surface area contributed by atoms with Gasteiger partial charge in [0.05, 0.1) is 0 Å². The number of nitrogens with one attached hydrogen (secondary N) is 2. The molecule has 0 aliphatic heterocycles. The number of rotatable bonds is 1. The Bertz CT molecular complexity index is 21.2. The third-order valence-electron chi connectivity index (χ3n) is 0.125. The Labute approximate surface area is 59.9 Å². The molecule has 50 valence electrons. The van der Waals surface area contributed by atoms with Crippen LogP contribution in [0.15, 0.2) is 0 Å². The van der Waals surface area contributed by atoms with Gasteiger partial charge < -0.3 is 11.5 Å². The first-order chi connectivity index (χ1) is 3.33.